The van der Waals surface area contributed by atoms with Crippen LogP contribution >= 0.6 is 23.2 Å². The van der Waals surface area contributed by atoms with Crippen molar-refractivity contribution in [3.05, 3.63) is 28.2 Å². The summed E-state index contributed by atoms with van der Waals surface area (Å²) in [5.74, 6) is -0.166. The molecule has 0 aliphatic heterocycles. The van der Waals surface area contributed by atoms with E-state index in [0.717, 1.165) is 10.6 Å². The van der Waals surface area contributed by atoms with Gasteiger partial charge in [-0.2, -0.15) is 0 Å². The Labute approximate surface area is 148 Å². The van der Waals surface area contributed by atoms with E-state index in [1.165, 1.54) is 19.1 Å². The summed E-state index contributed by atoms with van der Waals surface area (Å²) in [6.45, 7) is 7.32. The normalized spacial score (nSPS) is 14.4. The molecule has 0 bridgehead atoms. The maximum Gasteiger partial charge on any atom is 0.243 e. The molecule has 8 heteroatoms. The zero-order valence-corrected chi connectivity index (χ0v) is 16.1. The second-order valence-electron chi connectivity index (χ2n) is 5.87. The Hall–Kier alpha value is -0.980. The largest absolute Gasteiger partial charge is 0.352 e. The van der Waals surface area contributed by atoms with Gasteiger partial charge in [0.2, 0.25) is 15.9 Å². The van der Waals surface area contributed by atoms with E-state index in [0.29, 0.717) is 5.02 Å². The Morgan fingerprint density at radius 1 is 1.17 bits per heavy atom. The second kappa shape index (κ2) is 7.73. The predicted octanol–water partition coefficient (Wildman–Crippen LogP) is 3.31. The van der Waals surface area contributed by atoms with Gasteiger partial charge in [0.05, 0.1) is 17.0 Å². The highest BCUT2D eigenvalue weighted by molar-refractivity contribution is 7.92. The van der Waals surface area contributed by atoms with Gasteiger partial charge in [-0.3, -0.25) is 9.10 Å². The van der Waals surface area contributed by atoms with Crippen LogP contribution in [-0.2, 0) is 14.8 Å². The summed E-state index contributed by atoms with van der Waals surface area (Å²) < 4.78 is 25.4. The minimum absolute atomic E-state index is 0.0822. The molecule has 1 N–H and O–H groups in total. The van der Waals surface area contributed by atoms with Gasteiger partial charge in [0.1, 0.15) is 6.04 Å². The fraction of sp³-hybridized carbons (Fsp3) is 0.533. The number of nitrogens with one attached hydrogen (secondary N) is 1. The first kappa shape index (κ1) is 20.1. The highest BCUT2D eigenvalue weighted by Gasteiger charge is 2.31. The van der Waals surface area contributed by atoms with E-state index in [2.05, 4.69) is 5.32 Å². The maximum atomic E-state index is 12.4. The van der Waals surface area contributed by atoms with E-state index in [1.807, 2.05) is 20.8 Å². The summed E-state index contributed by atoms with van der Waals surface area (Å²) in [7, 11) is -3.73. The van der Waals surface area contributed by atoms with Crippen molar-refractivity contribution in [3.8, 4) is 0 Å². The molecule has 1 amide bonds. The Balaban J connectivity index is 3.23. The van der Waals surface area contributed by atoms with Gasteiger partial charge >= 0.3 is 0 Å². The topological polar surface area (TPSA) is 66.5 Å². The molecule has 130 valence electrons. The Kier molecular flexibility index (Phi) is 6.74. The maximum absolute atomic E-state index is 12.4. The van der Waals surface area contributed by atoms with Crippen LogP contribution in [0.15, 0.2) is 18.2 Å². The van der Waals surface area contributed by atoms with Crippen LogP contribution in [0.25, 0.3) is 0 Å². The van der Waals surface area contributed by atoms with Gasteiger partial charge < -0.3 is 5.32 Å². The van der Waals surface area contributed by atoms with Crippen molar-refractivity contribution in [2.24, 2.45) is 5.92 Å². The van der Waals surface area contributed by atoms with E-state index in [-0.39, 0.29) is 22.7 Å². The molecule has 0 aromatic heterocycles. The molecule has 0 saturated carbocycles. The van der Waals surface area contributed by atoms with Crippen LogP contribution in [0, 0.1) is 5.92 Å². The Bertz CT molecular complexity index is 677. The lowest BCUT2D eigenvalue weighted by Crippen LogP contribution is -2.50. The number of nitrogens with zero attached hydrogens (tertiary/aromatic N) is 1. The van der Waals surface area contributed by atoms with Crippen LogP contribution < -0.4 is 9.62 Å². The Morgan fingerprint density at radius 2 is 1.74 bits per heavy atom. The zero-order valence-electron chi connectivity index (χ0n) is 13.8. The summed E-state index contributed by atoms with van der Waals surface area (Å²) >= 11 is 12.0. The van der Waals surface area contributed by atoms with Crippen LogP contribution in [0.5, 0.6) is 0 Å². The molecule has 1 rings (SSSR count). The number of hydrogen-bond donors (Lipinski definition) is 1. The first-order chi connectivity index (χ1) is 10.4. The summed E-state index contributed by atoms with van der Waals surface area (Å²) in [5.41, 5.74) is 0.182. The molecule has 0 heterocycles. The van der Waals surface area contributed by atoms with Crippen LogP contribution in [-0.4, -0.2) is 32.7 Å². The summed E-state index contributed by atoms with van der Waals surface area (Å²) in [5, 5.41) is 3.35. The minimum Gasteiger partial charge on any atom is -0.352 e. The molecular weight excluding hydrogens is 359 g/mol. The van der Waals surface area contributed by atoms with Crippen molar-refractivity contribution in [3.63, 3.8) is 0 Å². The van der Waals surface area contributed by atoms with Gasteiger partial charge in [-0.1, -0.05) is 37.0 Å². The number of carbonyl (C=O) groups excluding carboxylic acids is 1. The molecule has 1 aromatic rings. The van der Waals surface area contributed by atoms with Crippen molar-refractivity contribution < 1.29 is 13.2 Å². The molecule has 1 aromatic carbocycles. The third-order valence-electron chi connectivity index (χ3n) is 3.60. The first-order valence-electron chi connectivity index (χ1n) is 7.20. The van der Waals surface area contributed by atoms with E-state index < -0.39 is 22.0 Å². The number of sulfonamides is 1. The minimum atomic E-state index is -3.73. The van der Waals surface area contributed by atoms with Gasteiger partial charge in [0.15, 0.2) is 0 Å². The van der Waals surface area contributed by atoms with Crippen molar-refractivity contribution in [2.75, 3.05) is 10.6 Å². The average molecular weight is 381 g/mol. The van der Waals surface area contributed by atoms with Gasteiger partial charge in [-0.25, -0.2) is 8.42 Å². The van der Waals surface area contributed by atoms with E-state index in [1.54, 1.807) is 6.07 Å². The van der Waals surface area contributed by atoms with Crippen LogP contribution in [0.1, 0.15) is 27.7 Å². The molecule has 2 unspecified atom stereocenters. The van der Waals surface area contributed by atoms with E-state index in [9.17, 15) is 13.2 Å². The fourth-order valence-corrected chi connectivity index (χ4v) is 3.55. The average Bonchev–Trinajstić information content (AvgIpc) is 2.40. The standard InChI is InChI=1S/C15H22Cl2N2O3S/c1-9(2)10(3)18-15(20)11(4)19(23(5,21)22)14-8-12(16)6-7-13(14)17/h6-11H,1-5H3,(H,18,20). The van der Waals surface area contributed by atoms with E-state index >= 15 is 0 Å². The molecule has 23 heavy (non-hydrogen) atoms. The molecular formula is C15H22Cl2N2O3S. The Morgan fingerprint density at radius 3 is 2.22 bits per heavy atom. The summed E-state index contributed by atoms with van der Waals surface area (Å²) in [6, 6.07) is 3.45. The van der Waals surface area contributed by atoms with Gasteiger partial charge in [0.25, 0.3) is 0 Å². The number of hydrogen-bond acceptors (Lipinski definition) is 3. The molecule has 5 nitrogen and oxygen atoms in total. The summed E-state index contributed by atoms with van der Waals surface area (Å²) in [6.07, 6.45) is 1.03. The molecule has 2 atom stereocenters. The third-order valence-corrected chi connectivity index (χ3v) is 5.39. The fourth-order valence-electron chi connectivity index (χ4n) is 1.95. The van der Waals surface area contributed by atoms with Crippen LogP contribution in [0.4, 0.5) is 5.69 Å². The number of halogens is 2. The van der Waals surface area contributed by atoms with Gasteiger partial charge in [-0.05, 0) is 38.0 Å². The lowest BCUT2D eigenvalue weighted by molar-refractivity contribution is -0.122. The molecule has 0 aliphatic rings. The predicted molar refractivity (Wildman–Crippen MR) is 95.7 cm³/mol. The SMILES string of the molecule is CC(C)C(C)NC(=O)C(C)N(c1cc(Cl)ccc1Cl)S(C)(=O)=O. The molecule has 0 saturated heterocycles. The molecule has 0 spiro atoms. The number of carbonyl (C=O) groups is 1. The molecule has 0 fully saturated rings. The van der Waals surface area contributed by atoms with Gasteiger partial charge in [0, 0.05) is 11.1 Å². The highest BCUT2D eigenvalue weighted by atomic mass is 35.5. The summed E-state index contributed by atoms with van der Waals surface area (Å²) in [4.78, 5) is 12.4. The van der Waals surface area contributed by atoms with Crippen LogP contribution in [0.3, 0.4) is 0 Å². The number of rotatable bonds is 6. The second-order valence-corrected chi connectivity index (χ2v) is 8.57. The molecule has 0 aliphatic carbocycles. The first-order valence-corrected chi connectivity index (χ1v) is 9.80. The quantitative estimate of drug-likeness (QED) is 0.822. The monoisotopic (exact) mass is 380 g/mol. The zero-order chi connectivity index (χ0) is 17.9. The molecule has 0 radical (unpaired) electrons. The van der Waals surface area contributed by atoms with Gasteiger partial charge in [-0.15, -0.1) is 0 Å². The van der Waals surface area contributed by atoms with Crippen molar-refractivity contribution in [2.45, 2.75) is 39.8 Å². The van der Waals surface area contributed by atoms with Crippen molar-refractivity contribution in [1.29, 1.82) is 0 Å². The number of benzene rings is 1. The van der Waals surface area contributed by atoms with Crippen LogP contribution in [0.2, 0.25) is 10.0 Å². The highest BCUT2D eigenvalue weighted by Crippen LogP contribution is 2.32. The van der Waals surface area contributed by atoms with Crippen molar-refractivity contribution >= 4 is 44.8 Å². The lowest BCUT2D eigenvalue weighted by atomic mass is 10.1. The number of anilines is 1. The van der Waals surface area contributed by atoms with Crippen molar-refractivity contribution in [1.82, 2.24) is 5.32 Å². The smallest absolute Gasteiger partial charge is 0.243 e. The lowest BCUT2D eigenvalue weighted by Gasteiger charge is -2.30. The number of amides is 1. The van der Waals surface area contributed by atoms with E-state index in [4.69, 9.17) is 23.2 Å². The third kappa shape index (κ3) is 5.26.